The number of nitrogens with one attached hydrogen (secondary N) is 1. The number of hydrogen-bond donors (Lipinski definition) is 1. The van der Waals surface area contributed by atoms with Crippen molar-refractivity contribution in [3.05, 3.63) is 23.5 Å². The van der Waals surface area contributed by atoms with Gasteiger partial charge in [-0.1, -0.05) is 0 Å². The summed E-state index contributed by atoms with van der Waals surface area (Å²) in [5, 5.41) is 0. The highest BCUT2D eigenvalue weighted by molar-refractivity contribution is 5.93. The molecular formula is C13H19N3O2. The average Bonchev–Trinajstić information content (AvgIpc) is 2.86. The normalized spacial score (nSPS) is 17.7. The number of aldehydes is 1. The monoisotopic (exact) mass is 249 g/mol. The van der Waals surface area contributed by atoms with Crippen molar-refractivity contribution < 1.29 is 9.59 Å². The lowest BCUT2D eigenvalue weighted by molar-refractivity contribution is 0.0654. The molecule has 1 amide bonds. The van der Waals surface area contributed by atoms with Gasteiger partial charge in [0.1, 0.15) is 5.69 Å². The Morgan fingerprint density at radius 3 is 2.67 bits per heavy atom. The topological polar surface area (TPSA) is 56.4 Å². The predicted molar refractivity (Wildman–Crippen MR) is 68.8 cm³/mol. The van der Waals surface area contributed by atoms with E-state index in [2.05, 4.69) is 16.9 Å². The molecule has 1 aliphatic rings. The van der Waals surface area contributed by atoms with Crippen molar-refractivity contribution >= 4 is 12.2 Å². The van der Waals surface area contributed by atoms with Crippen LogP contribution in [0.3, 0.4) is 0 Å². The number of H-pyrrole nitrogens is 1. The Morgan fingerprint density at radius 2 is 2.11 bits per heavy atom. The summed E-state index contributed by atoms with van der Waals surface area (Å²) in [6, 6.07) is 3.58. The lowest BCUT2D eigenvalue weighted by atomic mass is 10.0. The van der Waals surface area contributed by atoms with E-state index in [1.54, 1.807) is 17.0 Å². The van der Waals surface area contributed by atoms with Gasteiger partial charge in [0, 0.05) is 13.1 Å². The number of rotatable bonds is 3. The number of aromatic amines is 1. The summed E-state index contributed by atoms with van der Waals surface area (Å²) in [5.41, 5.74) is 0.925. The molecule has 0 saturated carbocycles. The minimum atomic E-state index is -0.0438. The molecule has 0 radical (unpaired) electrons. The summed E-state index contributed by atoms with van der Waals surface area (Å²) in [5.74, 6) is -0.0438. The number of likely N-dealkylation sites (tertiary alicyclic amines) is 1. The van der Waals surface area contributed by atoms with E-state index in [9.17, 15) is 9.59 Å². The molecule has 1 aromatic rings. The Hall–Kier alpha value is -1.62. The zero-order valence-corrected chi connectivity index (χ0v) is 10.8. The second kappa shape index (κ2) is 5.35. The van der Waals surface area contributed by atoms with Gasteiger partial charge in [-0.25, -0.2) is 0 Å². The summed E-state index contributed by atoms with van der Waals surface area (Å²) in [4.78, 5) is 29.7. The molecule has 1 saturated heterocycles. The number of aromatic nitrogens is 1. The highest BCUT2D eigenvalue weighted by Crippen LogP contribution is 2.16. The van der Waals surface area contributed by atoms with Crippen LogP contribution in [0.15, 0.2) is 12.1 Å². The molecule has 1 fully saturated rings. The molecule has 0 atom stereocenters. The third kappa shape index (κ3) is 2.61. The van der Waals surface area contributed by atoms with Crippen LogP contribution in [-0.4, -0.2) is 60.2 Å². The molecule has 0 aliphatic carbocycles. The smallest absolute Gasteiger partial charge is 0.270 e. The minimum absolute atomic E-state index is 0.0438. The van der Waals surface area contributed by atoms with Crippen LogP contribution in [0, 0.1) is 0 Å². The van der Waals surface area contributed by atoms with Crippen molar-refractivity contribution in [1.29, 1.82) is 0 Å². The van der Waals surface area contributed by atoms with Crippen molar-refractivity contribution in [2.45, 2.75) is 18.9 Å². The predicted octanol–water partition coefficient (Wildman–Crippen LogP) is 0.993. The van der Waals surface area contributed by atoms with Crippen LogP contribution in [-0.2, 0) is 0 Å². The standard InChI is InChI=1S/C13H19N3O2/c1-15-7-5-11(6-8-15)16(2)13(18)12-4-3-10(9-17)14-12/h3-4,9,11,14H,5-8H2,1-2H3. The van der Waals surface area contributed by atoms with Crippen molar-refractivity contribution in [2.75, 3.05) is 27.2 Å². The van der Waals surface area contributed by atoms with E-state index in [1.807, 2.05) is 7.05 Å². The molecular weight excluding hydrogens is 230 g/mol. The van der Waals surface area contributed by atoms with Crippen molar-refractivity contribution in [3.63, 3.8) is 0 Å². The first-order valence-corrected chi connectivity index (χ1v) is 6.21. The summed E-state index contributed by atoms with van der Waals surface area (Å²) in [7, 11) is 3.93. The van der Waals surface area contributed by atoms with Gasteiger partial charge >= 0.3 is 0 Å². The maximum atomic E-state index is 12.2. The lowest BCUT2D eigenvalue weighted by Gasteiger charge is -2.34. The number of carbonyl (C=O) groups is 2. The van der Waals surface area contributed by atoms with Crippen LogP contribution >= 0.6 is 0 Å². The molecule has 98 valence electrons. The minimum Gasteiger partial charge on any atom is -0.348 e. The Balaban J connectivity index is 2.02. The summed E-state index contributed by atoms with van der Waals surface area (Å²) >= 11 is 0. The Kier molecular flexibility index (Phi) is 3.81. The van der Waals surface area contributed by atoms with Crippen molar-refractivity contribution in [2.24, 2.45) is 0 Å². The van der Waals surface area contributed by atoms with E-state index < -0.39 is 0 Å². The van der Waals surface area contributed by atoms with Crippen LogP contribution in [0.2, 0.25) is 0 Å². The van der Waals surface area contributed by atoms with E-state index in [0.29, 0.717) is 17.7 Å². The van der Waals surface area contributed by atoms with Crippen LogP contribution in [0.1, 0.15) is 33.8 Å². The molecule has 5 nitrogen and oxygen atoms in total. The number of piperidine rings is 1. The van der Waals surface area contributed by atoms with E-state index in [-0.39, 0.29) is 11.9 Å². The van der Waals surface area contributed by atoms with Gasteiger partial charge in [-0.15, -0.1) is 0 Å². The van der Waals surface area contributed by atoms with Gasteiger partial charge in [0.2, 0.25) is 0 Å². The fourth-order valence-electron chi connectivity index (χ4n) is 2.34. The highest BCUT2D eigenvalue weighted by atomic mass is 16.2. The molecule has 5 heteroatoms. The molecule has 1 aromatic heterocycles. The Morgan fingerprint density at radius 1 is 1.44 bits per heavy atom. The van der Waals surface area contributed by atoms with Crippen LogP contribution in [0.4, 0.5) is 0 Å². The molecule has 0 aromatic carbocycles. The fraction of sp³-hybridized carbons (Fsp3) is 0.538. The first-order valence-electron chi connectivity index (χ1n) is 6.21. The average molecular weight is 249 g/mol. The van der Waals surface area contributed by atoms with Crippen LogP contribution in [0.5, 0.6) is 0 Å². The molecule has 2 heterocycles. The van der Waals surface area contributed by atoms with Gasteiger partial charge in [0.25, 0.3) is 5.91 Å². The van der Waals surface area contributed by atoms with Crippen molar-refractivity contribution in [3.8, 4) is 0 Å². The summed E-state index contributed by atoms with van der Waals surface area (Å²) in [6.07, 6.45) is 2.71. The van der Waals surface area contributed by atoms with Gasteiger partial charge in [-0.2, -0.15) is 0 Å². The molecule has 18 heavy (non-hydrogen) atoms. The summed E-state index contributed by atoms with van der Waals surface area (Å²) in [6.45, 7) is 2.04. The zero-order chi connectivity index (χ0) is 13.1. The zero-order valence-electron chi connectivity index (χ0n) is 10.8. The van der Waals surface area contributed by atoms with Gasteiger partial charge in [0.05, 0.1) is 5.69 Å². The SMILES string of the molecule is CN1CCC(N(C)C(=O)c2ccc(C=O)[nH]2)CC1. The maximum absolute atomic E-state index is 12.2. The third-order valence-electron chi connectivity index (χ3n) is 3.62. The molecule has 1 aliphatic heterocycles. The quantitative estimate of drug-likeness (QED) is 0.813. The van der Waals surface area contributed by atoms with Crippen molar-refractivity contribution in [1.82, 2.24) is 14.8 Å². The van der Waals surface area contributed by atoms with Crippen LogP contribution in [0.25, 0.3) is 0 Å². The Labute approximate surface area is 107 Å². The first kappa shape index (κ1) is 12.8. The second-order valence-electron chi connectivity index (χ2n) is 4.90. The van der Waals surface area contributed by atoms with Gasteiger partial charge in [-0.3, -0.25) is 9.59 Å². The van der Waals surface area contributed by atoms with E-state index in [0.717, 1.165) is 25.9 Å². The summed E-state index contributed by atoms with van der Waals surface area (Å²) < 4.78 is 0. The van der Waals surface area contributed by atoms with Gasteiger partial charge in [-0.05, 0) is 45.1 Å². The molecule has 0 bridgehead atoms. The number of carbonyl (C=O) groups excluding carboxylic acids is 2. The molecule has 0 spiro atoms. The maximum Gasteiger partial charge on any atom is 0.270 e. The van der Waals surface area contributed by atoms with E-state index in [1.165, 1.54) is 0 Å². The Bertz CT molecular complexity index is 433. The van der Waals surface area contributed by atoms with Crippen LogP contribution < -0.4 is 0 Å². The fourth-order valence-corrected chi connectivity index (χ4v) is 2.34. The second-order valence-corrected chi connectivity index (χ2v) is 4.90. The third-order valence-corrected chi connectivity index (χ3v) is 3.62. The number of nitrogens with zero attached hydrogens (tertiary/aromatic N) is 2. The van der Waals surface area contributed by atoms with Gasteiger partial charge < -0.3 is 14.8 Å². The molecule has 1 N–H and O–H groups in total. The number of hydrogen-bond acceptors (Lipinski definition) is 3. The largest absolute Gasteiger partial charge is 0.348 e. The van der Waals surface area contributed by atoms with E-state index in [4.69, 9.17) is 0 Å². The molecule has 0 unspecified atom stereocenters. The first-order chi connectivity index (χ1) is 8.61. The lowest BCUT2D eigenvalue weighted by Crippen LogP contribution is -2.44. The highest BCUT2D eigenvalue weighted by Gasteiger charge is 2.25. The van der Waals surface area contributed by atoms with E-state index >= 15 is 0 Å². The van der Waals surface area contributed by atoms with Gasteiger partial charge in [0.15, 0.2) is 6.29 Å². The molecule has 2 rings (SSSR count). The number of amides is 1.